The molecule has 5 aliphatic rings. The van der Waals surface area contributed by atoms with Gasteiger partial charge in [-0.15, -0.1) is 0 Å². The Bertz CT molecular complexity index is 1090. The Morgan fingerprint density at radius 2 is 1.84 bits per heavy atom. The lowest BCUT2D eigenvalue weighted by molar-refractivity contribution is -0.0665. The number of fused-ring (bicyclic) bond motifs is 3. The van der Waals surface area contributed by atoms with E-state index in [4.69, 9.17) is 9.47 Å². The van der Waals surface area contributed by atoms with Crippen molar-refractivity contribution in [3.05, 3.63) is 46.0 Å². The van der Waals surface area contributed by atoms with Crippen LogP contribution < -0.4 is 0 Å². The van der Waals surface area contributed by atoms with Gasteiger partial charge >= 0.3 is 5.97 Å². The summed E-state index contributed by atoms with van der Waals surface area (Å²) in [7, 11) is 0. The topological polar surface area (TPSA) is 38.8 Å². The largest absolute Gasteiger partial charge is 0.459 e. The molecule has 0 N–H and O–H groups in total. The maximum absolute atomic E-state index is 12.8. The van der Waals surface area contributed by atoms with Crippen molar-refractivity contribution in [1.29, 1.82) is 0 Å². The summed E-state index contributed by atoms with van der Waals surface area (Å²) in [5.41, 5.74) is 2.92. The number of rotatable bonds is 7. The molecule has 0 bridgehead atoms. The molecule has 3 nitrogen and oxygen atoms in total. The van der Waals surface area contributed by atoms with Crippen LogP contribution in [0.4, 0.5) is 0 Å². The van der Waals surface area contributed by atoms with Crippen molar-refractivity contribution in [2.75, 3.05) is 0 Å². The molecule has 0 radical (unpaired) electrons. The van der Waals surface area contributed by atoms with Crippen molar-refractivity contribution >= 4 is 21.9 Å². The summed E-state index contributed by atoms with van der Waals surface area (Å²) in [6.07, 6.45) is 15.2. The van der Waals surface area contributed by atoms with Crippen molar-refractivity contribution < 1.29 is 14.3 Å². The number of halogens is 1. The summed E-state index contributed by atoms with van der Waals surface area (Å²) >= 11 is 3.45. The molecule has 208 valence electrons. The molecular formula is C34H47BrO3. The van der Waals surface area contributed by atoms with E-state index >= 15 is 0 Å². The zero-order valence-corrected chi connectivity index (χ0v) is 25.7. The van der Waals surface area contributed by atoms with E-state index < -0.39 is 0 Å². The predicted molar refractivity (Wildman–Crippen MR) is 156 cm³/mol. The number of allylic oxidation sites excluding steroid dienone is 1. The lowest BCUT2D eigenvalue weighted by Crippen LogP contribution is -2.54. The van der Waals surface area contributed by atoms with Gasteiger partial charge in [0.25, 0.3) is 0 Å². The monoisotopic (exact) mass is 582 g/mol. The molecule has 1 saturated heterocycles. The van der Waals surface area contributed by atoms with Gasteiger partial charge in [0.05, 0.1) is 11.7 Å². The summed E-state index contributed by atoms with van der Waals surface area (Å²) < 4.78 is 13.8. The maximum Gasteiger partial charge on any atom is 0.338 e. The Morgan fingerprint density at radius 3 is 2.58 bits per heavy atom. The average Bonchev–Trinajstić information content (AvgIpc) is 3.54. The summed E-state index contributed by atoms with van der Waals surface area (Å²) in [6.45, 7) is 12.4. The fourth-order valence-electron chi connectivity index (χ4n) is 9.76. The minimum Gasteiger partial charge on any atom is -0.459 e. The number of epoxide rings is 1. The number of hydrogen-bond acceptors (Lipinski definition) is 3. The molecule has 1 aromatic rings. The van der Waals surface area contributed by atoms with Gasteiger partial charge in [-0.05, 0) is 110 Å². The van der Waals surface area contributed by atoms with Gasteiger partial charge in [0, 0.05) is 9.89 Å². The molecule has 9 unspecified atom stereocenters. The number of hydrogen-bond donors (Lipinski definition) is 0. The fraction of sp³-hybridized carbons (Fsp3) is 0.735. The number of esters is 1. The van der Waals surface area contributed by atoms with Gasteiger partial charge in [-0.2, -0.15) is 0 Å². The van der Waals surface area contributed by atoms with E-state index in [1.165, 1.54) is 38.5 Å². The Hall–Kier alpha value is -1.13. The molecule has 1 aromatic carbocycles. The van der Waals surface area contributed by atoms with Gasteiger partial charge in [-0.25, -0.2) is 4.79 Å². The lowest BCUT2D eigenvalue weighted by Gasteiger charge is -2.58. The minimum atomic E-state index is -0.181. The van der Waals surface area contributed by atoms with Gasteiger partial charge in [-0.1, -0.05) is 75.9 Å². The molecular weight excluding hydrogens is 536 g/mol. The first-order chi connectivity index (χ1) is 18.1. The Morgan fingerprint density at radius 1 is 1.08 bits per heavy atom. The van der Waals surface area contributed by atoms with Crippen LogP contribution in [-0.4, -0.2) is 23.8 Å². The molecule has 6 rings (SSSR count). The van der Waals surface area contributed by atoms with E-state index in [9.17, 15) is 4.79 Å². The van der Waals surface area contributed by atoms with E-state index in [0.29, 0.717) is 23.5 Å². The standard InChI is InChI=1S/C34H47BrO3/c1-21(2)7-6-8-22(3)29-20-30-34(38-30)28-14-11-24-19-26(37-31(36)23-9-12-25(35)13-10-23)15-17-32(24,4)27(28)16-18-33(29,34)5/h9-10,12-14,21-22,24,26-27,29-30H,6-8,11,15-20H2,1-5H3. The highest BCUT2D eigenvalue weighted by molar-refractivity contribution is 9.10. The van der Waals surface area contributed by atoms with Gasteiger partial charge in [0.2, 0.25) is 0 Å². The number of ether oxygens (including phenoxy) is 2. The molecule has 1 aliphatic heterocycles. The van der Waals surface area contributed by atoms with Crippen molar-refractivity contribution in [2.24, 2.45) is 40.4 Å². The molecule has 38 heavy (non-hydrogen) atoms. The first-order valence-corrected chi connectivity index (χ1v) is 16.2. The summed E-state index contributed by atoms with van der Waals surface area (Å²) in [6, 6.07) is 7.51. The molecule has 4 fully saturated rings. The maximum atomic E-state index is 12.8. The summed E-state index contributed by atoms with van der Waals surface area (Å²) in [4.78, 5) is 12.8. The van der Waals surface area contributed by atoms with Crippen LogP contribution in [0, 0.1) is 40.4 Å². The highest BCUT2D eigenvalue weighted by Crippen LogP contribution is 2.76. The second kappa shape index (κ2) is 9.75. The van der Waals surface area contributed by atoms with Crippen molar-refractivity contribution in [1.82, 2.24) is 0 Å². The fourth-order valence-corrected chi connectivity index (χ4v) is 10.0. The smallest absolute Gasteiger partial charge is 0.338 e. The van der Waals surface area contributed by atoms with E-state index in [1.54, 1.807) is 5.57 Å². The molecule has 3 saturated carbocycles. The molecule has 0 aromatic heterocycles. The predicted octanol–water partition coefficient (Wildman–Crippen LogP) is 9.15. The Balaban J connectivity index is 1.16. The normalized spacial score (nSPS) is 41.9. The zero-order chi connectivity index (χ0) is 26.9. The highest BCUT2D eigenvalue weighted by atomic mass is 79.9. The Kier molecular flexibility index (Phi) is 6.95. The van der Waals surface area contributed by atoms with Crippen LogP contribution in [0.25, 0.3) is 0 Å². The SMILES string of the molecule is CC(C)CCCC(C)C1CC2OC23C2=CCC4CC(OC(=O)c5ccc(Br)cc5)CCC4(C)C2CCC13C. The molecule has 0 amide bonds. The third-order valence-electron chi connectivity index (χ3n) is 12.0. The van der Waals surface area contributed by atoms with Crippen molar-refractivity contribution in [3.8, 4) is 0 Å². The second-order valence-electron chi connectivity index (χ2n) is 14.4. The van der Waals surface area contributed by atoms with Crippen LogP contribution >= 0.6 is 15.9 Å². The molecule has 4 heteroatoms. The first kappa shape index (κ1) is 27.1. The van der Waals surface area contributed by atoms with Gasteiger partial charge in [0.15, 0.2) is 0 Å². The van der Waals surface area contributed by atoms with E-state index in [1.807, 2.05) is 24.3 Å². The van der Waals surface area contributed by atoms with Crippen LogP contribution in [0.15, 0.2) is 40.4 Å². The number of benzene rings is 1. The second-order valence-corrected chi connectivity index (χ2v) is 15.3. The van der Waals surface area contributed by atoms with E-state index in [0.717, 1.165) is 47.9 Å². The van der Waals surface area contributed by atoms with Crippen LogP contribution in [-0.2, 0) is 9.47 Å². The van der Waals surface area contributed by atoms with Crippen LogP contribution in [0.5, 0.6) is 0 Å². The van der Waals surface area contributed by atoms with Gasteiger partial charge in [0.1, 0.15) is 11.7 Å². The Labute approximate surface area is 238 Å². The van der Waals surface area contributed by atoms with Crippen molar-refractivity contribution in [3.63, 3.8) is 0 Å². The molecule has 1 spiro atoms. The van der Waals surface area contributed by atoms with Gasteiger partial charge in [-0.3, -0.25) is 0 Å². The minimum absolute atomic E-state index is 0.0196. The van der Waals surface area contributed by atoms with Crippen LogP contribution in [0.1, 0.15) is 109 Å². The number of carbonyl (C=O) groups is 1. The van der Waals surface area contributed by atoms with Crippen LogP contribution in [0.2, 0.25) is 0 Å². The molecule has 9 atom stereocenters. The lowest BCUT2D eigenvalue weighted by atomic mass is 9.47. The number of carbonyl (C=O) groups excluding carboxylic acids is 1. The van der Waals surface area contributed by atoms with Crippen molar-refractivity contribution in [2.45, 2.75) is 117 Å². The van der Waals surface area contributed by atoms with Crippen LogP contribution in [0.3, 0.4) is 0 Å². The van der Waals surface area contributed by atoms with E-state index in [2.05, 4.69) is 56.6 Å². The summed E-state index contributed by atoms with van der Waals surface area (Å²) in [5.74, 6) is 3.40. The first-order valence-electron chi connectivity index (χ1n) is 15.4. The molecule has 4 aliphatic carbocycles. The van der Waals surface area contributed by atoms with Gasteiger partial charge < -0.3 is 9.47 Å². The average molecular weight is 584 g/mol. The molecule has 1 heterocycles. The third-order valence-corrected chi connectivity index (χ3v) is 12.5. The quantitative estimate of drug-likeness (QED) is 0.183. The highest BCUT2D eigenvalue weighted by Gasteiger charge is 2.79. The summed E-state index contributed by atoms with van der Waals surface area (Å²) in [5, 5.41) is 0. The third kappa shape index (κ3) is 4.18. The van der Waals surface area contributed by atoms with E-state index in [-0.39, 0.29) is 28.5 Å². The zero-order valence-electron chi connectivity index (χ0n) is 24.1.